The average Bonchev–Trinajstić information content (AvgIpc) is 3.73. The largest absolute Gasteiger partial charge is 2.00 e. The predicted molar refractivity (Wildman–Crippen MR) is 181 cm³/mol. The Morgan fingerprint density at radius 3 is 2.13 bits per heavy atom. The van der Waals surface area contributed by atoms with Crippen LogP contribution in [-0.2, 0) is 33.5 Å². The van der Waals surface area contributed by atoms with Gasteiger partial charge in [0.2, 0.25) is 0 Å². The third-order valence-corrected chi connectivity index (χ3v) is 8.80. The maximum absolute atomic E-state index is 5.16. The van der Waals surface area contributed by atoms with E-state index in [1.165, 1.54) is 11.1 Å². The second-order valence-corrected chi connectivity index (χ2v) is 12.0. The van der Waals surface area contributed by atoms with E-state index in [0.29, 0.717) is 0 Å². The quantitative estimate of drug-likeness (QED) is 0.164. The van der Waals surface area contributed by atoms with Gasteiger partial charge in [-0.05, 0) is 34.0 Å². The van der Waals surface area contributed by atoms with Crippen LogP contribution in [0.2, 0.25) is 0 Å². The maximum atomic E-state index is 5.16. The Kier molecular flexibility index (Phi) is 7.58. The Balaban J connectivity index is 0.00000338. The molecule has 0 bridgehead atoms. The van der Waals surface area contributed by atoms with Gasteiger partial charge in [0.05, 0.1) is 5.82 Å². The minimum Gasteiger partial charge on any atom is -0.373 e. The Morgan fingerprint density at radius 1 is 0.674 bits per heavy atom. The molecule has 0 radical (unpaired) electrons. The second-order valence-electron chi connectivity index (χ2n) is 12.0. The summed E-state index contributed by atoms with van der Waals surface area (Å²) < 4.78 is 3.98. The molecule has 5 aromatic carbocycles. The Bertz CT molecular complexity index is 2100. The van der Waals surface area contributed by atoms with E-state index < -0.39 is 0 Å². The van der Waals surface area contributed by atoms with Gasteiger partial charge >= 0.3 is 21.1 Å². The topological polar surface area (TPSA) is 38.9 Å². The van der Waals surface area contributed by atoms with Crippen LogP contribution in [0.1, 0.15) is 25.0 Å². The minimum absolute atomic E-state index is 0. The molecule has 0 aliphatic carbocycles. The van der Waals surface area contributed by atoms with Crippen LogP contribution in [0.4, 0.5) is 17.1 Å². The molecule has 0 atom stereocenters. The molecule has 0 saturated carbocycles. The molecule has 0 fully saturated rings. The van der Waals surface area contributed by atoms with Crippen molar-refractivity contribution in [2.24, 2.45) is 7.05 Å². The van der Waals surface area contributed by atoms with Crippen LogP contribution in [0.5, 0.6) is 0 Å². The van der Waals surface area contributed by atoms with E-state index >= 15 is 0 Å². The number of imidazole rings is 1. The van der Waals surface area contributed by atoms with Gasteiger partial charge in [0, 0.05) is 42.5 Å². The number of benzene rings is 5. The average molecular weight is 777 g/mol. The van der Waals surface area contributed by atoms with Crippen molar-refractivity contribution in [3.05, 3.63) is 157 Å². The fourth-order valence-corrected chi connectivity index (χ4v) is 6.48. The zero-order chi connectivity index (χ0) is 30.5. The molecule has 1 aliphatic heterocycles. The molecule has 46 heavy (non-hydrogen) atoms. The zero-order valence-corrected chi connectivity index (χ0v) is 28.0. The number of anilines is 3. The number of hydrogen-bond donors (Lipinski definition) is 0. The van der Waals surface area contributed by atoms with Crippen molar-refractivity contribution >= 4 is 17.1 Å². The summed E-state index contributed by atoms with van der Waals surface area (Å²) >= 11 is 0. The third kappa shape index (κ3) is 4.92. The van der Waals surface area contributed by atoms with Crippen molar-refractivity contribution in [3.63, 3.8) is 0 Å². The molecule has 6 heteroatoms. The Hall–Kier alpha value is -4.99. The molecule has 8 rings (SSSR count). The summed E-state index contributed by atoms with van der Waals surface area (Å²) in [6, 6.07) is 47.6. The van der Waals surface area contributed by atoms with Gasteiger partial charge < -0.3 is 9.47 Å². The number of nitrogens with zero attached hydrogens (tertiary/aromatic N) is 5. The van der Waals surface area contributed by atoms with E-state index in [0.717, 1.165) is 56.5 Å². The summed E-state index contributed by atoms with van der Waals surface area (Å²) in [5.74, 6) is 0.874. The molecule has 226 valence electrons. The second kappa shape index (κ2) is 11.7. The van der Waals surface area contributed by atoms with Crippen LogP contribution in [0, 0.1) is 12.1 Å². The van der Waals surface area contributed by atoms with E-state index in [4.69, 9.17) is 5.10 Å². The summed E-state index contributed by atoms with van der Waals surface area (Å²) in [4.78, 5) is 6.88. The fraction of sp³-hybridized carbons (Fsp3) is 0.100. The monoisotopic (exact) mass is 776 g/mol. The van der Waals surface area contributed by atoms with Gasteiger partial charge in [-0.25, -0.2) is 0 Å². The van der Waals surface area contributed by atoms with Gasteiger partial charge in [0.25, 0.3) is 0 Å². The van der Waals surface area contributed by atoms with Gasteiger partial charge in [-0.3, -0.25) is 9.67 Å². The van der Waals surface area contributed by atoms with Crippen LogP contribution in [0.3, 0.4) is 0 Å². The summed E-state index contributed by atoms with van der Waals surface area (Å²) in [6.07, 6.45) is 5.90. The third-order valence-electron chi connectivity index (χ3n) is 8.80. The first-order valence-corrected chi connectivity index (χ1v) is 15.2. The minimum atomic E-state index is -0.233. The van der Waals surface area contributed by atoms with Crippen molar-refractivity contribution in [1.82, 2.24) is 19.3 Å². The molecular formula is C40H31N5Pt. The number of aryl methyl sites for hydroxylation is 1. The molecule has 1 aliphatic rings. The molecule has 0 N–H and O–H groups in total. The number of aromatic nitrogens is 4. The first kappa shape index (κ1) is 29.7. The van der Waals surface area contributed by atoms with E-state index in [9.17, 15) is 0 Å². The van der Waals surface area contributed by atoms with E-state index in [2.05, 4.69) is 145 Å². The summed E-state index contributed by atoms with van der Waals surface area (Å²) in [5, 5.41) is 5.16. The zero-order valence-electron chi connectivity index (χ0n) is 25.8. The summed E-state index contributed by atoms with van der Waals surface area (Å²) in [6.45, 7) is 4.58. The molecule has 5 nitrogen and oxygen atoms in total. The normalized spacial score (nSPS) is 13.1. The predicted octanol–water partition coefficient (Wildman–Crippen LogP) is 9.31. The number of hydrogen-bond acceptors (Lipinski definition) is 3. The SMILES string of the molecule is Cn1ccnc1-c1[c-]c(N2c3[c-]c(-n4cc(-c5ccccc5)c(-c5ccccc5)n4)ccc3C(C)(C)c3ccccc32)ccc1.[Pt+2]. The molecule has 7 aromatic rings. The van der Waals surface area contributed by atoms with Crippen molar-refractivity contribution in [2.75, 3.05) is 4.90 Å². The molecule has 2 aromatic heterocycles. The standard InChI is InChI=1S/C40H31N5.Pt/c1-40(2)34-19-10-11-20-36(34)45(32-18-12-17-30(25-32)39-41-23-24-43(39)3)37-26-31(21-22-35(37)40)44-27-33(28-13-6-4-7-14-28)38(42-44)29-15-8-5-9-16-29;/h4-24,27H,1-3H3;/q-2;+2. The molecule has 0 unspecified atom stereocenters. The van der Waals surface area contributed by atoms with Gasteiger partial charge in [-0.2, -0.15) is 11.2 Å². The van der Waals surface area contributed by atoms with Crippen LogP contribution in [0.25, 0.3) is 39.5 Å². The fourth-order valence-electron chi connectivity index (χ4n) is 6.48. The van der Waals surface area contributed by atoms with Crippen LogP contribution in [0.15, 0.2) is 134 Å². The van der Waals surface area contributed by atoms with Gasteiger partial charge in [-0.15, -0.1) is 47.5 Å². The van der Waals surface area contributed by atoms with Gasteiger partial charge in [-0.1, -0.05) is 98.4 Å². The van der Waals surface area contributed by atoms with Crippen molar-refractivity contribution in [2.45, 2.75) is 19.3 Å². The van der Waals surface area contributed by atoms with Crippen LogP contribution < -0.4 is 4.90 Å². The summed E-state index contributed by atoms with van der Waals surface area (Å²) in [5.41, 5.74) is 11.3. The van der Waals surface area contributed by atoms with E-state index in [-0.39, 0.29) is 26.5 Å². The molecule has 0 spiro atoms. The first-order chi connectivity index (χ1) is 22.0. The van der Waals surface area contributed by atoms with Gasteiger partial charge in [0.1, 0.15) is 5.69 Å². The van der Waals surface area contributed by atoms with E-state index in [1.807, 2.05) is 40.8 Å². The van der Waals surface area contributed by atoms with E-state index in [1.54, 1.807) is 0 Å². The van der Waals surface area contributed by atoms with Crippen molar-refractivity contribution < 1.29 is 21.1 Å². The molecular weight excluding hydrogens is 746 g/mol. The number of fused-ring (bicyclic) bond motifs is 2. The van der Waals surface area contributed by atoms with Crippen LogP contribution in [-0.4, -0.2) is 19.3 Å². The molecule has 3 heterocycles. The number of rotatable bonds is 5. The number of para-hydroxylation sites is 1. The molecule has 0 saturated heterocycles. The van der Waals surface area contributed by atoms with Crippen LogP contribution >= 0.6 is 0 Å². The smallest absolute Gasteiger partial charge is 0.373 e. The van der Waals surface area contributed by atoms with Crippen molar-refractivity contribution in [1.29, 1.82) is 0 Å². The van der Waals surface area contributed by atoms with Crippen molar-refractivity contribution in [3.8, 4) is 39.5 Å². The first-order valence-electron chi connectivity index (χ1n) is 15.2. The molecule has 0 amide bonds. The summed E-state index contributed by atoms with van der Waals surface area (Å²) in [7, 11) is 2.01. The van der Waals surface area contributed by atoms with Gasteiger partial charge in [0.15, 0.2) is 0 Å². The Labute approximate surface area is 284 Å². The Morgan fingerprint density at radius 2 is 1.39 bits per heavy atom. The maximum Gasteiger partial charge on any atom is 2.00 e.